The van der Waals surface area contributed by atoms with Crippen LogP contribution < -0.4 is 20.7 Å². The predicted molar refractivity (Wildman–Crippen MR) is 201 cm³/mol. The minimum Gasteiger partial charge on any atom is -0.494 e. The molecular weight excluding hydrogens is 658 g/mol. The van der Waals surface area contributed by atoms with Crippen molar-refractivity contribution >= 4 is 23.7 Å². The van der Waals surface area contributed by atoms with Gasteiger partial charge in [-0.2, -0.15) is 0 Å². The average Bonchev–Trinajstić information content (AvgIpc) is 3.14. The first-order valence-electron chi connectivity index (χ1n) is 17.7. The third kappa shape index (κ3) is 12.3. The Labute approximate surface area is 305 Å². The molecule has 0 saturated heterocycles. The van der Waals surface area contributed by atoms with Crippen LogP contribution in [-0.4, -0.2) is 64.5 Å². The Kier molecular flexibility index (Phi) is 14.4. The number of carbonyl (C=O) groups is 4. The number of carboxylic acids is 1. The quantitative estimate of drug-likeness (QED) is 0.0901. The fourth-order valence-electron chi connectivity index (χ4n) is 5.39. The predicted octanol–water partition coefficient (Wildman–Crippen LogP) is 6.12. The number of ether oxygens (including phenoxy) is 1. The summed E-state index contributed by atoms with van der Waals surface area (Å²) in [7, 11) is 0. The highest BCUT2D eigenvalue weighted by Crippen LogP contribution is 2.24. The molecule has 0 fully saturated rings. The molecule has 0 unspecified atom stereocenters. The molecule has 0 radical (unpaired) electrons. The van der Waals surface area contributed by atoms with Gasteiger partial charge in [0.25, 0.3) is 5.91 Å². The van der Waals surface area contributed by atoms with Crippen molar-refractivity contribution in [1.29, 1.82) is 0 Å². The lowest BCUT2D eigenvalue weighted by molar-refractivity contribution is -0.137. The van der Waals surface area contributed by atoms with Crippen LogP contribution in [-0.2, 0) is 26.2 Å². The lowest BCUT2D eigenvalue weighted by Gasteiger charge is -2.20. The molecule has 1 atom stereocenters. The van der Waals surface area contributed by atoms with Gasteiger partial charge in [-0.05, 0) is 52.8 Å². The van der Waals surface area contributed by atoms with Crippen LogP contribution in [0.2, 0.25) is 0 Å². The summed E-state index contributed by atoms with van der Waals surface area (Å²) >= 11 is 0. The van der Waals surface area contributed by atoms with Gasteiger partial charge in [-0.1, -0.05) is 102 Å². The summed E-state index contributed by atoms with van der Waals surface area (Å²) in [6, 6.07) is 21.4. The first kappa shape index (κ1) is 39.2. The Morgan fingerprint density at radius 1 is 0.750 bits per heavy atom. The van der Waals surface area contributed by atoms with Crippen molar-refractivity contribution in [3.8, 4) is 28.3 Å². The number of aromatic nitrogens is 2. The maximum absolute atomic E-state index is 13.2. The number of carboxylic acid groups (broad SMARTS) is 1. The molecule has 11 nitrogen and oxygen atoms in total. The highest BCUT2D eigenvalue weighted by atomic mass is 16.5. The number of benzene rings is 3. The maximum atomic E-state index is 13.2. The summed E-state index contributed by atoms with van der Waals surface area (Å²) in [6.45, 7) is 8.14. The van der Waals surface area contributed by atoms with Crippen LogP contribution in [0.4, 0.5) is 0 Å². The molecule has 0 spiro atoms. The molecule has 3 aromatic carbocycles. The molecule has 52 heavy (non-hydrogen) atoms. The highest BCUT2D eigenvalue weighted by molar-refractivity contribution is 5.98. The van der Waals surface area contributed by atoms with Crippen LogP contribution in [0.5, 0.6) is 5.75 Å². The van der Waals surface area contributed by atoms with Crippen LogP contribution >= 0.6 is 0 Å². The van der Waals surface area contributed by atoms with E-state index in [0.717, 1.165) is 40.0 Å². The van der Waals surface area contributed by atoms with Gasteiger partial charge in [0, 0.05) is 35.5 Å². The van der Waals surface area contributed by atoms with Crippen LogP contribution in [0.3, 0.4) is 0 Å². The molecule has 11 heteroatoms. The number of rotatable bonds is 18. The van der Waals surface area contributed by atoms with E-state index in [9.17, 15) is 19.2 Å². The molecule has 0 bridgehead atoms. The number of hydrogen-bond acceptors (Lipinski definition) is 7. The van der Waals surface area contributed by atoms with Gasteiger partial charge < -0.3 is 25.8 Å². The molecule has 3 amide bonds. The van der Waals surface area contributed by atoms with E-state index < -0.39 is 42.8 Å². The molecule has 274 valence electrons. The topological polar surface area (TPSA) is 160 Å². The number of aliphatic carboxylic acids is 1. The zero-order valence-corrected chi connectivity index (χ0v) is 30.4. The van der Waals surface area contributed by atoms with E-state index in [-0.39, 0.29) is 11.8 Å². The normalized spacial score (nSPS) is 11.7. The fraction of sp³-hybridized carbons (Fsp3) is 0.366. The average molecular weight is 708 g/mol. The Hall–Kier alpha value is -5.58. The van der Waals surface area contributed by atoms with Gasteiger partial charge in [-0.25, -0.2) is 9.97 Å². The van der Waals surface area contributed by atoms with Crippen molar-refractivity contribution in [1.82, 2.24) is 25.9 Å². The molecule has 0 saturated carbocycles. The van der Waals surface area contributed by atoms with Gasteiger partial charge in [0.2, 0.25) is 11.8 Å². The summed E-state index contributed by atoms with van der Waals surface area (Å²) in [6.07, 6.45) is 9.65. The second-order valence-electron chi connectivity index (χ2n) is 13.7. The van der Waals surface area contributed by atoms with E-state index in [1.54, 1.807) is 24.5 Å². The Morgan fingerprint density at radius 3 is 2.00 bits per heavy atom. The molecule has 1 aromatic heterocycles. The van der Waals surface area contributed by atoms with Crippen molar-refractivity contribution in [3.05, 3.63) is 102 Å². The van der Waals surface area contributed by atoms with Gasteiger partial charge in [0.05, 0.1) is 13.2 Å². The molecule has 0 aliphatic carbocycles. The van der Waals surface area contributed by atoms with E-state index in [1.165, 1.54) is 25.7 Å². The number of carbonyl (C=O) groups excluding carboxylic acids is 3. The second-order valence-corrected chi connectivity index (χ2v) is 13.7. The number of nitrogens with zero attached hydrogens (tertiary/aromatic N) is 2. The largest absolute Gasteiger partial charge is 0.494 e. The number of nitrogens with one attached hydrogen (secondary N) is 3. The third-order valence-electron chi connectivity index (χ3n) is 8.50. The van der Waals surface area contributed by atoms with Gasteiger partial charge >= 0.3 is 5.97 Å². The van der Waals surface area contributed by atoms with Gasteiger partial charge in [-0.15, -0.1) is 0 Å². The Morgan fingerprint density at radius 2 is 1.38 bits per heavy atom. The molecule has 4 rings (SSSR count). The summed E-state index contributed by atoms with van der Waals surface area (Å²) in [5.41, 5.74) is 4.74. The Balaban J connectivity index is 1.40. The number of amides is 3. The van der Waals surface area contributed by atoms with Crippen LogP contribution in [0.25, 0.3) is 22.5 Å². The van der Waals surface area contributed by atoms with Crippen LogP contribution in [0.15, 0.2) is 85.2 Å². The number of unbranched alkanes of at least 4 members (excludes halogenated alkanes) is 4. The summed E-state index contributed by atoms with van der Waals surface area (Å²) in [4.78, 5) is 58.5. The summed E-state index contributed by atoms with van der Waals surface area (Å²) in [5, 5.41) is 16.3. The minimum atomic E-state index is -1.20. The monoisotopic (exact) mass is 707 g/mol. The van der Waals surface area contributed by atoms with E-state index in [1.807, 2.05) is 60.7 Å². The maximum Gasteiger partial charge on any atom is 0.322 e. The molecular formula is C41H49N5O6. The van der Waals surface area contributed by atoms with E-state index in [2.05, 4.69) is 53.6 Å². The van der Waals surface area contributed by atoms with E-state index in [4.69, 9.17) is 9.84 Å². The highest BCUT2D eigenvalue weighted by Gasteiger charge is 2.23. The molecule has 0 aliphatic rings. The smallest absolute Gasteiger partial charge is 0.322 e. The first-order chi connectivity index (χ1) is 24.9. The van der Waals surface area contributed by atoms with Crippen molar-refractivity contribution < 1.29 is 29.0 Å². The zero-order valence-electron chi connectivity index (χ0n) is 30.4. The molecule has 4 N–H and O–H groups in total. The lowest BCUT2D eigenvalue weighted by atomic mass is 9.86. The number of hydrogen-bond donors (Lipinski definition) is 4. The minimum absolute atomic E-state index is 0.0907. The molecule has 1 heterocycles. The zero-order chi connectivity index (χ0) is 37.5. The summed E-state index contributed by atoms with van der Waals surface area (Å²) in [5.74, 6) is -1.52. The third-order valence-corrected chi connectivity index (χ3v) is 8.50. The van der Waals surface area contributed by atoms with E-state index in [0.29, 0.717) is 18.0 Å². The second kappa shape index (κ2) is 19.1. The van der Waals surface area contributed by atoms with Crippen molar-refractivity contribution in [2.24, 2.45) is 0 Å². The van der Waals surface area contributed by atoms with Gasteiger partial charge in [-0.3, -0.25) is 19.2 Å². The van der Waals surface area contributed by atoms with Crippen molar-refractivity contribution in [2.75, 3.05) is 19.7 Å². The van der Waals surface area contributed by atoms with Crippen LogP contribution in [0.1, 0.15) is 81.3 Å². The molecule has 0 aliphatic heterocycles. The standard InChI is InChI=1S/C41H49N5O6/c1-5-6-7-8-9-22-52-34-20-16-29(17-21-34)32-24-43-38(44-25-32)30-12-10-28(11-13-30)23-35(40(51)45-26-36(47)42-27-37(48)49)46-39(50)31-14-18-33(19-15-31)41(2,3)4/h10-21,24-25,35H,5-9,22-23,26-27H2,1-4H3,(H,42,47)(H,45,51)(H,46,50)(H,48,49)/t35-/m0/s1. The SMILES string of the molecule is CCCCCCCOc1ccc(-c2cnc(-c3ccc(C[C@H](NC(=O)c4ccc(C(C)(C)C)cc4)C(=O)NCC(=O)NCC(=O)O)cc3)nc2)cc1. The molecule has 4 aromatic rings. The van der Waals surface area contributed by atoms with Crippen LogP contribution in [0, 0.1) is 0 Å². The first-order valence-corrected chi connectivity index (χ1v) is 17.7. The van der Waals surface area contributed by atoms with Gasteiger partial charge in [0.15, 0.2) is 5.82 Å². The van der Waals surface area contributed by atoms with E-state index >= 15 is 0 Å². The summed E-state index contributed by atoms with van der Waals surface area (Å²) < 4.78 is 5.88. The van der Waals surface area contributed by atoms with Crippen molar-refractivity contribution in [2.45, 2.75) is 77.7 Å². The Bertz CT molecular complexity index is 1770. The van der Waals surface area contributed by atoms with Crippen molar-refractivity contribution in [3.63, 3.8) is 0 Å². The lowest BCUT2D eigenvalue weighted by Crippen LogP contribution is -2.50. The van der Waals surface area contributed by atoms with Gasteiger partial charge in [0.1, 0.15) is 18.3 Å². The fourth-order valence-corrected chi connectivity index (χ4v) is 5.39.